The zero-order valence-corrected chi connectivity index (χ0v) is 8.78. The second-order valence-electron chi connectivity index (χ2n) is 3.57. The number of esters is 2. The van der Waals surface area contributed by atoms with Crippen LogP contribution in [0.1, 0.15) is 12.5 Å². The van der Waals surface area contributed by atoms with Gasteiger partial charge in [-0.05, 0) is 13.0 Å². The van der Waals surface area contributed by atoms with E-state index in [0.29, 0.717) is 11.3 Å². The van der Waals surface area contributed by atoms with Crippen LogP contribution >= 0.6 is 0 Å². The topological polar surface area (TPSA) is 52.6 Å². The summed E-state index contributed by atoms with van der Waals surface area (Å²) in [7, 11) is 0. The maximum Gasteiger partial charge on any atom is 0.338 e. The molecular formula is C12H10O4. The lowest BCUT2D eigenvalue weighted by atomic mass is 10.1. The molecule has 82 valence electrons. The minimum absolute atomic E-state index is 0.216. The van der Waals surface area contributed by atoms with Gasteiger partial charge < -0.3 is 9.47 Å². The lowest BCUT2D eigenvalue weighted by Crippen LogP contribution is -2.09. The lowest BCUT2D eigenvalue weighted by Gasteiger charge is -2.07. The van der Waals surface area contributed by atoms with Gasteiger partial charge in [-0.15, -0.1) is 0 Å². The molecule has 16 heavy (non-hydrogen) atoms. The molecule has 0 fully saturated rings. The summed E-state index contributed by atoms with van der Waals surface area (Å²) in [5.74, 6) is -0.274. The van der Waals surface area contributed by atoms with E-state index in [1.807, 2.05) is 0 Å². The molecule has 1 aliphatic heterocycles. The van der Waals surface area contributed by atoms with Gasteiger partial charge in [0, 0.05) is 11.1 Å². The quantitative estimate of drug-likeness (QED) is 0.430. The predicted molar refractivity (Wildman–Crippen MR) is 56.2 cm³/mol. The maximum absolute atomic E-state index is 11.3. The molecule has 1 aliphatic rings. The Balaban J connectivity index is 2.30. The lowest BCUT2D eigenvalue weighted by molar-refractivity contribution is -0.133. The highest BCUT2D eigenvalue weighted by Crippen LogP contribution is 2.36. The van der Waals surface area contributed by atoms with Crippen LogP contribution in [0, 0.1) is 0 Å². The summed E-state index contributed by atoms with van der Waals surface area (Å²) in [6.07, 6.45) is 0.216. The molecule has 1 aromatic rings. The summed E-state index contributed by atoms with van der Waals surface area (Å²) in [6, 6.07) is 5.05. The molecule has 0 amide bonds. The summed E-state index contributed by atoms with van der Waals surface area (Å²) in [5.41, 5.74) is 1.03. The van der Waals surface area contributed by atoms with Crippen molar-refractivity contribution in [2.24, 2.45) is 0 Å². The molecule has 4 heteroatoms. The van der Waals surface area contributed by atoms with Crippen molar-refractivity contribution in [2.45, 2.75) is 13.3 Å². The van der Waals surface area contributed by atoms with Crippen LogP contribution in [0.2, 0.25) is 0 Å². The van der Waals surface area contributed by atoms with Crippen molar-refractivity contribution in [1.82, 2.24) is 0 Å². The molecule has 0 aromatic heterocycles. The normalized spacial score (nSPS) is 12.9. The fourth-order valence-corrected chi connectivity index (χ4v) is 1.39. The molecule has 0 radical (unpaired) electrons. The van der Waals surface area contributed by atoms with E-state index in [9.17, 15) is 9.59 Å². The van der Waals surface area contributed by atoms with E-state index in [4.69, 9.17) is 9.47 Å². The van der Waals surface area contributed by atoms with Crippen LogP contribution in [0.5, 0.6) is 11.5 Å². The first-order chi connectivity index (χ1) is 7.58. The maximum atomic E-state index is 11.3. The fraction of sp³-hybridized carbons (Fsp3) is 0.167. The third-order valence-electron chi connectivity index (χ3n) is 2.16. The number of fused-ring (bicyclic) bond motifs is 1. The van der Waals surface area contributed by atoms with Gasteiger partial charge in [0.25, 0.3) is 0 Å². The highest BCUT2D eigenvalue weighted by molar-refractivity contribution is 5.90. The van der Waals surface area contributed by atoms with Crippen LogP contribution in [-0.2, 0) is 16.0 Å². The summed E-state index contributed by atoms with van der Waals surface area (Å²) < 4.78 is 10.0. The number of para-hydroxylation sites is 1. The first-order valence-corrected chi connectivity index (χ1v) is 4.78. The Labute approximate surface area is 92.5 Å². The van der Waals surface area contributed by atoms with Gasteiger partial charge in [0.2, 0.25) is 0 Å². The van der Waals surface area contributed by atoms with E-state index in [2.05, 4.69) is 6.58 Å². The van der Waals surface area contributed by atoms with Gasteiger partial charge >= 0.3 is 11.9 Å². The van der Waals surface area contributed by atoms with Crippen LogP contribution in [-0.4, -0.2) is 11.9 Å². The van der Waals surface area contributed by atoms with Crippen molar-refractivity contribution in [3.05, 3.63) is 35.9 Å². The highest BCUT2D eigenvalue weighted by atomic mass is 16.6. The summed E-state index contributed by atoms with van der Waals surface area (Å²) in [5, 5.41) is 0. The number of carbonyl (C=O) groups is 2. The van der Waals surface area contributed by atoms with Crippen LogP contribution in [0.25, 0.3) is 0 Å². The number of carbonyl (C=O) groups excluding carboxylic acids is 2. The Kier molecular flexibility index (Phi) is 2.48. The molecule has 0 unspecified atom stereocenters. The average Bonchev–Trinajstić information content (AvgIpc) is 2.59. The Morgan fingerprint density at radius 1 is 1.50 bits per heavy atom. The molecule has 0 saturated heterocycles. The number of hydrogen-bond donors (Lipinski definition) is 0. The summed E-state index contributed by atoms with van der Waals surface area (Å²) in [6.45, 7) is 5.03. The van der Waals surface area contributed by atoms with Gasteiger partial charge in [0.15, 0.2) is 11.5 Å². The van der Waals surface area contributed by atoms with Crippen molar-refractivity contribution in [1.29, 1.82) is 0 Å². The van der Waals surface area contributed by atoms with Crippen molar-refractivity contribution < 1.29 is 19.1 Å². The predicted octanol–water partition coefficient (Wildman–Crippen LogP) is 1.63. The third kappa shape index (κ3) is 1.82. The second-order valence-corrected chi connectivity index (χ2v) is 3.57. The van der Waals surface area contributed by atoms with Crippen LogP contribution in [0.3, 0.4) is 0 Å². The van der Waals surface area contributed by atoms with Gasteiger partial charge in [-0.2, -0.15) is 0 Å². The molecule has 0 saturated carbocycles. The van der Waals surface area contributed by atoms with Gasteiger partial charge in [0.1, 0.15) is 0 Å². The van der Waals surface area contributed by atoms with E-state index in [0.717, 1.165) is 5.56 Å². The molecule has 0 spiro atoms. The van der Waals surface area contributed by atoms with Crippen molar-refractivity contribution in [3.63, 3.8) is 0 Å². The molecule has 1 heterocycles. The first kappa shape index (κ1) is 10.4. The van der Waals surface area contributed by atoms with E-state index < -0.39 is 5.97 Å². The number of hydrogen-bond acceptors (Lipinski definition) is 4. The van der Waals surface area contributed by atoms with Crippen LogP contribution in [0.4, 0.5) is 0 Å². The van der Waals surface area contributed by atoms with E-state index >= 15 is 0 Å². The van der Waals surface area contributed by atoms with Crippen LogP contribution < -0.4 is 9.47 Å². The standard InChI is InChI=1S/C12H10O4/c1-7(2)12(14)15-9-5-3-4-8-6-10(13)16-11(8)9/h3-5H,1,6H2,2H3. The van der Waals surface area contributed by atoms with Crippen molar-refractivity contribution in [3.8, 4) is 11.5 Å². The summed E-state index contributed by atoms with van der Waals surface area (Å²) >= 11 is 0. The van der Waals surface area contributed by atoms with E-state index in [-0.39, 0.29) is 18.1 Å². The zero-order valence-electron chi connectivity index (χ0n) is 8.78. The minimum Gasteiger partial charge on any atom is -0.422 e. The molecule has 4 nitrogen and oxygen atoms in total. The highest BCUT2D eigenvalue weighted by Gasteiger charge is 2.25. The Morgan fingerprint density at radius 3 is 2.94 bits per heavy atom. The molecule has 0 atom stereocenters. The molecule has 2 rings (SSSR count). The SMILES string of the molecule is C=C(C)C(=O)Oc1cccc2c1OC(=O)C2. The van der Waals surface area contributed by atoms with E-state index in [1.54, 1.807) is 25.1 Å². The monoisotopic (exact) mass is 218 g/mol. The average molecular weight is 218 g/mol. The van der Waals surface area contributed by atoms with Crippen molar-refractivity contribution in [2.75, 3.05) is 0 Å². The van der Waals surface area contributed by atoms with Gasteiger partial charge in [0.05, 0.1) is 6.42 Å². The van der Waals surface area contributed by atoms with Gasteiger partial charge in [-0.3, -0.25) is 4.79 Å². The molecule has 0 aliphatic carbocycles. The van der Waals surface area contributed by atoms with Crippen LogP contribution in [0.15, 0.2) is 30.4 Å². The van der Waals surface area contributed by atoms with Gasteiger partial charge in [-0.25, -0.2) is 4.79 Å². The molecule has 0 N–H and O–H groups in total. The number of ether oxygens (including phenoxy) is 2. The second kappa shape index (κ2) is 3.81. The summed E-state index contributed by atoms with van der Waals surface area (Å²) in [4.78, 5) is 22.4. The number of rotatable bonds is 2. The zero-order chi connectivity index (χ0) is 11.7. The first-order valence-electron chi connectivity index (χ1n) is 4.78. The number of benzene rings is 1. The minimum atomic E-state index is -0.531. The smallest absolute Gasteiger partial charge is 0.338 e. The van der Waals surface area contributed by atoms with Crippen molar-refractivity contribution >= 4 is 11.9 Å². The third-order valence-corrected chi connectivity index (χ3v) is 2.16. The molecular weight excluding hydrogens is 208 g/mol. The van der Waals surface area contributed by atoms with E-state index in [1.165, 1.54) is 0 Å². The Bertz CT molecular complexity index is 488. The van der Waals surface area contributed by atoms with Gasteiger partial charge in [-0.1, -0.05) is 18.7 Å². The Morgan fingerprint density at radius 2 is 2.25 bits per heavy atom. The Hall–Kier alpha value is -2.10. The fourth-order valence-electron chi connectivity index (χ4n) is 1.39. The molecule has 1 aromatic carbocycles. The largest absolute Gasteiger partial charge is 0.422 e. The molecule has 0 bridgehead atoms.